The first-order valence-electron chi connectivity index (χ1n) is 9.24. The molecular formula is C22H18ClN3O2S2. The highest BCUT2D eigenvalue weighted by atomic mass is 35.5. The van der Waals surface area contributed by atoms with E-state index in [0.29, 0.717) is 28.8 Å². The SMILES string of the molecule is O=C(CSCc1nc2ccccc2s1)Nc1ccc(=O)n(Cc2ccccc2Cl)c1. The molecule has 0 fully saturated rings. The fourth-order valence-electron chi connectivity index (χ4n) is 2.95. The van der Waals surface area contributed by atoms with Crippen LogP contribution < -0.4 is 10.9 Å². The molecule has 8 heteroatoms. The Morgan fingerprint density at radius 1 is 1.10 bits per heavy atom. The number of benzene rings is 2. The number of halogens is 1. The normalized spacial score (nSPS) is 11.0. The predicted octanol–water partition coefficient (Wildman–Crippen LogP) is 5.03. The van der Waals surface area contributed by atoms with Gasteiger partial charge in [0, 0.05) is 23.0 Å². The average molecular weight is 456 g/mol. The van der Waals surface area contributed by atoms with Gasteiger partial charge in [-0.25, -0.2) is 4.98 Å². The van der Waals surface area contributed by atoms with Crippen LogP contribution in [0, 0.1) is 0 Å². The number of thioether (sulfide) groups is 1. The number of nitrogens with zero attached hydrogens (tertiary/aromatic N) is 2. The topological polar surface area (TPSA) is 64.0 Å². The molecule has 0 saturated carbocycles. The van der Waals surface area contributed by atoms with Gasteiger partial charge >= 0.3 is 0 Å². The lowest BCUT2D eigenvalue weighted by Gasteiger charge is -2.10. The molecule has 4 rings (SSSR count). The first-order valence-corrected chi connectivity index (χ1v) is 11.6. The molecule has 1 amide bonds. The van der Waals surface area contributed by atoms with Gasteiger partial charge in [-0.05, 0) is 29.8 Å². The van der Waals surface area contributed by atoms with Crippen LogP contribution >= 0.6 is 34.7 Å². The average Bonchev–Trinajstić information content (AvgIpc) is 3.15. The molecule has 5 nitrogen and oxygen atoms in total. The Morgan fingerprint density at radius 3 is 2.73 bits per heavy atom. The standard InChI is InChI=1S/C22H18ClN3O2S2/c23-17-6-2-1-5-15(17)11-26-12-16(9-10-22(26)28)24-20(27)13-29-14-21-25-18-7-3-4-8-19(18)30-21/h1-10,12H,11,13-14H2,(H,24,27). The molecule has 0 radical (unpaired) electrons. The molecule has 2 aromatic heterocycles. The molecule has 0 bridgehead atoms. The molecule has 0 saturated heterocycles. The van der Waals surface area contributed by atoms with E-state index in [2.05, 4.69) is 10.3 Å². The first-order chi connectivity index (χ1) is 14.6. The number of nitrogens with one attached hydrogen (secondary N) is 1. The zero-order valence-electron chi connectivity index (χ0n) is 15.9. The number of thiazole rings is 1. The molecule has 0 aliphatic heterocycles. The number of pyridine rings is 1. The molecule has 0 aliphatic rings. The molecule has 2 aromatic carbocycles. The van der Waals surface area contributed by atoms with Crippen molar-refractivity contribution in [3.63, 3.8) is 0 Å². The lowest BCUT2D eigenvalue weighted by atomic mass is 10.2. The predicted molar refractivity (Wildman–Crippen MR) is 126 cm³/mol. The van der Waals surface area contributed by atoms with E-state index in [9.17, 15) is 9.59 Å². The minimum Gasteiger partial charge on any atom is -0.324 e. The number of carbonyl (C=O) groups is 1. The Balaban J connectivity index is 1.35. The molecular weight excluding hydrogens is 438 g/mol. The van der Waals surface area contributed by atoms with Crippen LogP contribution in [0.1, 0.15) is 10.6 Å². The maximum atomic E-state index is 12.3. The van der Waals surface area contributed by atoms with Crippen LogP contribution in [0.3, 0.4) is 0 Å². The Bertz CT molecular complexity index is 1220. The number of aromatic nitrogens is 2. The summed E-state index contributed by atoms with van der Waals surface area (Å²) in [5.41, 5.74) is 2.25. The maximum Gasteiger partial charge on any atom is 0.250 e. The molecule has 152 valence electrons. The summed E-state index contributed by atoms with van der Waals surface area (Å²) in [6, 6.07) is 18.4. The first kappa shape index (κ1) is 20.7. The van der Waals surface area contributed by atoms with Crippen LogP contribution in [0.5, 0.6) is 0 Å². The quantitative estimate of drug-likeness (QED) is 0.424. The van der Waals surface area contributed by atoms with E-state index in [1.54, 1.807) is 29.7 Å². The second-order valence-electron chi connectivity index (χ2n) is 6.59. The minimum atomic E-state index is -0.155. The van der Waals surface area contributed by atoms with Gasteiger partial charge in [-0.2, -0.15) is 0 Å². The summed E-state index contributed by atoms with van der Waals surface area (Å²) in [4.78, 5) is 29.1. The van der Waals surface area contributed by atoms with Gasteiger partial charge in [-0.15, -0.1) is 23.1 Å². The summed E-state index contributed by atoms with van der Waals surface area (Å²) < 4.78 is 2.68. The molecule has 0 unspecified atom stereocenters. The van der Waals surface area contributed by atoms with E-state index in [0.717, 1.165) is 20.8 Å². The monoisotopic (exact) mass is 455 g/mol. The zero-order chi connectivity index (χ0) is 20.9. The molecule has 0 atom stereocenters. The van der Waals surface area contributed by atoms with Crippen LogP contribution in [0.2, 0.25) is 5.02 Å². The van der Waals surface area contributed by atoms with Crippen LogP contribution in [0.4, 0.5) is 5.69 Å². The lowest BCUT2D eigenvalue weighted by molar-refractivity contribution is -0.113. The van der Waals surface area contributed by atoms with Crippen LogP contribution in [-0.4, -0.2) is 21.2 Å². The van der Waals surface area contributed by atoms with Crippen LogP contribution in [0.15, 0.2) is 71.7 Å². The minimum absolute atomic E-state index is 0.121. The van der Waals surface area contributed by atoms with Gasteiger partial charge in [0.1, 0.15) is 5.01 Å². The molecule has 30 heavy (non-hydrogen) atoms. The van der Waals surface area contributed by atoms with Gasteiger partial charge in [0.05, 0.1) is 28.2 Å². The largest absolute Gasteiger partial charge is 0.324 e. The summed E-state index contributed by atoms with van der Waals surface area (Å²) in [6.07, 6.45) is 1.64. The van der Waals surface area contributed by atoms with Gasteiger partial charge in [-0.1, -0.05) is 41.9 Å². The number of hydrogen-bond donors (Lipinski definition) is 1. The van der Waals surface area contributed by atoms with E-state index >= 15 is 0 Å². The van der Waals surface area contributed by atoms with Crippen molar-refractivity contribution in [2.45, 2.75) is 12.3 Å². The van der Waals surface area contributed by atoms with E-state index in [4.69, 9.17) is 11.6 Å². The maximum absolute atomic E-state index is 12.3. The van der Waals surface area contributed by atoms with Crippen LogP contribution in [-0.2, 0) is 17.1 Å². The van der Waals surface area contributed by atoms with Crippen molar-refractivity contribution in [3.05, 3.63) is 92.8 Å². The number of para-hydroxylation sites is 1. The summed E-state index contributed by atoms with van der Waals surface area (Å²) in [6.45, 7) is 0.342. The van der Waals surface area contributed by atoms with Crippen molar-refractivity contribution >= 4 is 56.5 Å². The molecule has 4 aromatic rings. The Kier molecular flexibility index (Phi) is 6.52. The number of carbonyl (C=O) groups excluding carboxylic acids is 1. The zero-order valence-corrected chi connectivity index (χ0v) is 18.3. The molecule has 1 N–H and O–H groups in total. The number of fused-ring (bicyclic) bond motifs is 1. The fraction of sp³-hybridized carbons (Fsp3) is 0.136. The van der Waals surface area contributed by atoms with Crippen molar-refractivity contribution in [2.24, 2.45) is 0 Å². The van der Waals surface area contributed by atoms with Gasteiger partial charge in [-0.3, -0.25) is 9.59 Å². The number of hydrogen-bond acceptors (Lipinski definition) is 5. The number of anilines is 1. The Morgan fingerprint density at radius 2 is 1.90 bits per heavy atom. The second-order valence-corrected chi connectivity index (χ2v) is 9.10. The van der Waals surface area contributed by atoms with Crippen molar-refractivity contribution in [3.8, 4) is 0 Å². The third-order valence-electron chi connectivity index (χ3n) is 4.36. The molecule has 0 aliphatic carbocycles. The van der Waals surface area contributed by atoms with Crippen molar-refractivity contribution in [1.82, 2.24) is 9.55 Å². The van der Waals surface area contributed by atoms with Gasteiger partial charge < -0.3 is 9.88 Å². The van der Waals surface area contributed by atoms with Crippen molar-refractivity contribution in [2.75, 3.05) is 11.1 Å². The van der Waals surface area contributed by atoms with E-state index < -0.39 is 0 Å². The summed E-state index contributed by atoms with van der Waals surface area (Å²) >= 11 is 9.35. The fourth-order valence-corrected chi connectivity index (χ4v) is 4.99. The highest BCUT2D eigenvalue weighted by Crippen LogP contribution is 2.24. The second kappa shape index (κ2) is 9.47. The highest BCUT2D eigenvalue weighted by Gasteiger charge is 2.08. The van der Waals surface area contributed by atoms with Crippen molar-refractivity contribution < 1.29 is 4.79 Å². The third kappa shape index (κ3) is 5.11. The molecule has 2 heterocycles. The van der Waals surface area contributed by atoms with E-state index in [1.165, 1.54) is 22.4 Å². The summed E-state index contributed by atoms with van der Waals surface area (Å²) in [7, 11) is 0. The lowest BCUT2D eigenvalue weighted by Crippen LogP contribution is -2.21. The summed E-state index contributed by atoms with van der Waals surface area (Å²) in [5, 5.41) is 4.46. The molecule has 0 spiro atoms. The van der Waals surface area contributed by atoms with Crippen LogP contribution in [0.25, 0.3) is 10.2 Å². The Labute approximate surface area is 186 Å². The van der Waals surface area contributed by atoms with E-state index in [-0.39, 0.29) is 11.5 Å². The smallest absolute Gasteiger partial charge is 0.250 e. The summed E-state index contributed by atoms with van der Waals surface area (Å²) in [5.74, 6) is 0.863. The van der Waals surface area contributed by atoms with Crippen molar-refractivity contribution in [1.29, 1.82) is 0 Å². The van der Waals surface area contributed by atoms with Gasteiger partial charge in [0.25, 0.3) is 5.56 Å². The highest BCUT2D eigenvalue weighted by molar-refractivity contribution is 7.99. The van der Waals surface area contributed by atoms with E-state index in [1.807, 2.05) is 42.5 Å². The van der Waals surface area contributed by atoms with Gasteiger partial charge in [0.15, 0.2) is 0 Å². The van der Waals surface area contributed by atoms with Gasteiger partial charge in [0.2, 0.25) is 5.91 Å². The Hall–Kier alpha value is -2.61. The third-order valence-corrected chi connectivity index (χ3v) is 6.89. The number of amides is 1. The number of rotatable bonds is 7.